The molecule has 1 aliphatic carbocycles. The summed E-state index contributed by atoms with van der Waals surface area (Å²) in [4.78, 5) is 23.9. The van der Waals surface area contributed by atoms with Crippen molar-refractivity contribution >= 4 is 11.8 Å². The van der Waals surface area contributed by atoms with Crippen LogP contribution in [0.2, 0.25) is 0 Å². The third-order valence-corrected chi connectivity index (χ3v) is 3.88. The van der Waals surface area contributed by atoms with E-state index in [1.165, 1.54) is 37.4 Å². The smallest absolute Gasteiger partial charge is 0.350 e. The van der Waals surface area contributed by atoms with Crippen molar-refractivity contribution in [3.8, 4) is 5.75 Å². The van der Waals surface area contributed by atoms with Crippen molar-refractivity contribution in [2.24, 2.45) is 0 Å². The van der Waals surface area contributed by atoms with Crippen LogP contribution in [0.5, 0.6) is 5.75 Å². The molecule has 4 nitrogen and oxygen atoms in total. The highest BCUT2D eigenvalue weighted by Gasteiger charge is 2.54. The van der Waals surface area contributed by atoms with Crippen LogP contribution in [0.4, 0.5) is 8.78 Å². The molecule has 0 bridgehead atoms. The number of methoxy groups -OCH3 is 1. The second kappa shape index (κ2) is 6.03. The highest BCUT2D eigenvalue weighted by Crippen LogP contribution is 2.41. The molecule has 2 aromatic carbocycles. The summed E-state index contributed by atoms with van der Waals surface area (Å²) >= 11 is 0. The average molecular weight is 332 g/mol. The molecule has 1 saturated carbocycles. The predicted octanol–water partition coefficient (Wildman–Crippen LogP) is 3.28. The van der Waals surface area contributed by atoms with E-state index in [1.807, 2.05) is 0 Å². The first kappa shape index (κ1) is 16.1. The van der Waals surface area contributed by atoms with Crippen molar-refractivity contribution in [1.29, 1.82) is 0 Å². The Kier molecular flexibility index (Phi) is 4.05. The van der Waals surface area contributed by atoms with Crippen molar-refractivity contribution in [3.63, 3.8) is 0 Å². The first-order valence-corrected chi connectivity index (χ1v) is 7.33. The zero-order valence-electron chi connectivity index (χ0n) is 12.8. The van der Waals surface area contributed by atoms with E-state index in [-0.39, 0.29) is 5.56 Å². The highest BCUT2D eigenvalue weighted by atomic mass is 19.1. The Balaban J connectivity index is 1.80. The lowest BCUT2D eigenvalue weighted by atomic mass is 10.0. The molecule has 1 aliphatic rings. The molecule has 3 rings (SSSR count). The minimum atomic E-state index is -0.960. The van der Waals surface area contributed by atoms with Crippen LogP contribution < -0.4 is 4.74 Å². The van der Waals surface area contributed by atoms with Gasteiger partial charge in [-0.3, -0.25) is 4.79 Å². The predicted molar refractivity (Wildman–Crippen MR) is 80.8 cm³/mol. The molecule has 124 valence electrons. The summed E-state index contributed by atoms with van der Waals surface area (Å²) in [5.74, 6) is -2.66. The molecule has 24 heavy (non-hydrogen) atoms. The van der Waals surface area contributed by atoms with Gasteiger partial charge < -0.3 is 9.47 Å². The lowest BCUT2D eigenvalue weighted by Gasteiger charge is -2.15. The van der Waals surface area contributed by atoms with Gasteiger partial charge in [-0.05, 0) is 36.4 Å². The Morgan fingerprint density at radius 1 is 1.00 bits per heavy atom. The molecule has 0 aromatic heterocycles. The molecule has 0 saturated heterocycles. The molecular weight excluding hydrogens is 318 g/mol. The van der Waals surface area contributed by atoms with Gasteiger partial charge in [0.2, 0.25) is 5.60 Å². The number of ether oxygens (including phenoxy) is 2. The molecule has 0 N–H and O–H groups in total. The Morgan fingerprint density at radius 2 is 1.58 bits per heavy atom. The van der Waals surface area contributed by atoms with Crippen LogP contribution >= 0.6 is 0 Å². The van der Waals surface area contributed by atoms with E-state index in [2.05, 4.69) is 0 Å². The van der Waals surface area contributed by atoms with Crippen LogP contribution in [0.1, 0.15) is 28.8 Å². The number of carbonyl (C=O) groups is 2. The molecule has 2 aromatic rings. The number of ketones is 1. The lowest BCUT2D eigenvalue weighted by molar-refractivity contribution is -0.151. The maximum absolute atomic E-state index is 13.7. The summed E-state index contributed by atoms with van der Waals surface area (Å²) < 4.78 is 37.7. The zero-order valence-corrected chi connectivity index (χ0v) is 12.8. The zero-order chi connectivity index (χ0) is 17.3. The van der Waals surface area contributed by atoms with Gasteiger partial charge in [0.25, 0.3) is 0 Å². The monoisotopic (exact) mass is 332 g/mol. The minimum absolute atomic E-state index is 0.120. The van der Waals surface area contributed by atoms with Gasteiger partial charge in [-0.1, -0.05) is 6.07 Å². The molecule has 6 heteroatoms. The fourth-order valence-electron chi connectivity index (χ4n) is 2.41. The SMILES string of the molecule is COC(=O)C1(Oc2ccc(C(=O)c3c(F)cccc3F)cc2)CC1. The summed E-state index contributed by atoms with van der Waals surface area (Å²) in [5, 5.41) is 0. The Labute approximate surface area is 137 Å². The number of hydrogen-bond acceptors (Lipinski definition) is 4. The minimum Gasteiger partial charge on any atom is -0.476 e. The Morgan fingerprint density at radius 3 is 2.08 bits per heavy atom. The van der Waals surface area contributed by atoms with Crippen molar-refractivity contribution in [2.45, 2.75) is 18.4 Å². The van der Waals surface area contributed by atoms with Gasteiger partial charge in [-0.15, -0.1) is 0 Å². The van der Waals surface area contributed by atoms with Crippen LogP contribution in [0.25, 0.3) is 0 Å². The van der Waals surface area contributed by atoms with Gasteiger partial charge in [0.05, 0.1) is 12.7 Å². The summed E-state index contributed by atoms with van der Waals surface area (Å²) in [5.41, 5.74) is -1.44. The van der Waals surface area contributed by atoms with E-state index in [0.29, 0.717) is 18.6 Å². The van der Waals surface area contributed by atoms with Crippen LogP contribution in [0.3, 0.4) is 0 Å². The number of carbonyl (C=O) groups excluding carboxylic acids is 2. The molecule has 0 unspecified atom stereocenters. The number of hydrogen-bond donors (Lipinski definition) is 0. The van der Waals surface area contributed by atoms with Gasteiger partial charge in [0.1, 0.15) is 17.4 Å². The third kappa shape index (κ3) is 2.87. The number of halogens is 2. The van der Waals surface area contributed by atoms with Crippen molar-refractivity contribution in [3.05, 3.63) is 65.2 Å². The van der Waals surface area contributed by atoms with E-state index < -0.39 is 34.6 Å². The van der Waals surface area contributed by atoms with Crippen molar-refractivity contribution < 1.29 is 27.8 Å². The summed E-state index contributed by atoms with van der Waals surface area (Å²) in [6.07, 6.45) is 1.11. The fraction of sp³-hybridized carbons (Fsp3) is 0.222. The first-order chi connectivity index (χ1) is 11.5. The van der Waals surface area contributed by atoms with Crippen LogP contribution in [0, 0.1) is 11.6 Å². The normalized spacial score (nSPS) is 14.8. The van der Waals surface area contributed by atoms with Crippen molar-refractivity contribution in [1.82, 2.24) is 0 Å². The number of rotatable bonds is 5. The molecule has 1 fully saturated rings. The quantitative estimate of drug-likeness (QED) is 0.623. The van der Waals surface area contributed by atoms with Gasteiger partial charge in [-0.2, -0.15) is 0 Å². The first-order valence-electron chi connectivity index (χ1n) is 7.33. The summed E-state index contributed by atoms with van der Waals surface area (Å²) in [6.45, 7) is 0. The number of esters is 1. The highest BCUT2D eigenvalue weighted by molar-refractivity contribution is 6.09. The topological polar surface area (TPSA) is 52.6 Å². The van der Waals surface area contributed by atoms with Crippen LogP contribution in [-0.2, 0) is 9.53 Å². The maximum Gasteiger partial charge on any atom is 0.350 e. The van der Waals surface area contributed by atoms with Gasteiger partial charge >= 0.3 is 5.97 Å². The lowest BCUT2D eigenvalue weighted by Crippen LogP contribution is -2.30. The third-order valence-electron chi connectivity index (χ3n) is 3.88. The Bertz CT molecular complexity index is 775. The fourth-order valence-corrected chi connectivity index (χ4v) is 2.41. The van der Waals surface area contributed by atoms with Gasteiger partial charge in [0, 0.05) is 18.4 Å². The van der Waals surface area contributed by atoms with Crippen molar-refractivity contribution in [2.75, 3.05) is 7.11 Å². The molecule has 0 atom stereocenters. The van der Waals surface area contributed by atoms with Crippen LogP contribution in [0.15, 0.2) is 42.5 Å². The molecule has 0 aliphatic heterocycles. The largest absolute Gasteiger partial charge is 0.476 e. The van der Waals surface area contributed by atoms with E-state index in [1.54, 1.807) is 0 Å². The summed E-state index contributed by atoms with van der Waals surface area (Å²) in [6, 6.07) is 9.01. The number of benzene rings is 2. The van der Waals surface area contributed by atoms with E-state index in [0.717, 1.165) is 12.1 Å². The maximum atomic E-state index is 13.7. The summed E-state index contributed by atoms with van der Waals surface area (Å²) in [7, 11) is 1.29. The van der Waals surface area contributed by atoms with Crippen LogP contribution in [-0.4, -0.2) is 24.5 Å². The van der Waals surface area contributed by atoms with E-state index in [4.69, 9.17) is 9.47 Å². The molecule has 0 spiro atoms. The molecule has 0 heterocycles. The molecule has 0 radical (unpaired) electrons. The average Bonchev–Trinajstić information content (AvgIpc) is 3.35. The molecule has 0 amide bonds. The standard InChI is InChI=1S/C18H14F2O4/c1-23-17(22)18(9-10-18)24-12-7-5-11(6-8-12)16(21)15-13(19)3-2-4-14(15)20/h2-8H,9-10H2,1H3. The van der Waals surface area contributed by atoms with E-state index >= 15 is 0 Å². The second-order valence-corrected chi connectivity index (χ2v) is 5.54. The van der Waals surface area contributed by atoms with Gasteiger partial charge in [0.15, 0.2) is 5.78 Å². The Hall–Kier alpha value is -2.76. The second-order valence-electron chi connectivity index (χ2n) is 5.54. The van der Waals surface area contributed by atoms with Gasteiger partial charge in [-0.25, -0.2) is 13.6 Å². The van der Waals surface area contributed by atoms with E-state index in [9.17, 15) is 18.4 Å². The molecular formula is C18H14F2O4.